The molecule has 1 aliphatic rings. The summed E-state index contributed by atoms with van der Waals surface area (Å²) in [7, 11) is 1.41. The van der Waals surface area contributed by atoms with Crippen LogP contribution in [0.1, 0.15) is 27.7 Å². The molecule has 1 aromatic rings. The first-order chi connectivity index (χ1) is 6.82. The monoisotopic (exact) mass is 209 g/mol. The van der Waals surface area contributed by atoms with E-state index < -0.39 is 7.12 Å². The van der Waals surface area contributed by atoms with E-state index in [9.17, 15) is 0 Å². The lowest BCUT2D eigenvalue weighted by molar-refractivity contribution is 0.00578. The van der Waals surface area contributed by atoms with Gasteiger partial charge in [0.05, 0.1) is 11.2 Å². The molecule has 1 saturated heterocycles. The Balaban J connectivity index is 2.23. The van der Waals surface area contributed by atoms with Crippen molar-refractivity contribution in [3.05, 3.63) is 6.20 Å². The van der Waals surface area contributed by atoms with E-state index in [1.54, 1.807) is 4.68 Å². The molecule has 1 fully saturated rings. The highest BCUT2D eigenvalue weighted by atomic mass is 16.7. The molecule has 0 saturated carbocycles. The van der Waals surface area contributed by atoms with Gasteiger partial charge in [0.25, 0.3) is 0 Å². The largest absolute Gasteiger partial charge is 0.518 e. The summed E-state index contributed by atoms with van der Waals surface area (Å²) in [6.07, 6.45) is 1.81. The van der Waals surface area contributed by atoms with Crippen molar-refractivity contribution in [3.63, 3.8) is 0 Å². The smallest absolute Gasteiger partial charge is 0.398 e. The van der Waals surface area contributed by atoms with Crippen LogP contribution < -0.4 is 5.59 Å². The molecule has 2 heterocycles. The molecule has 0 amide bonds. The van der Waals surface area contributed by atoms with Crippen molar-refractivity contribution in [1.82, 2.24) is 15.0 Å². The summed E-state index contributed by atoms with van der Waals surface area (Å²) in [5.41, 5.74) is 0.0702. The first-order valence-electron chi connectivity index (χ1n) is 5.04. The van der Waals surface area contributed by atoms with Gasteiger partial charge in [-0.1, -0.05) is 5.21 Å². The van der Waals surface area contributed by atoms with Gasteiger partial charge >= 0.3 is 7.12 Å². The predicted octanol–water partition coefficient (Wildman–Crippen LogP) is 0.114. The van der Waals surface area contributed by atoms with Gasteiger partial charge in [0, 0.05) is 13.2 Å². The maximum atomic E-state index is 5.83. The standard InChI is InChI=1S/C9H16BN3O2/c1-8(2)9(3,4)15-10(14-8)7-6-13(5)12-11-7/h6H,1-5H3. The molecule has 0 N–H and O–H groups in total. The minimum absolute atomic E-state index is 0.324. The molecule has 0 bridgehead atoms. The maximum Gasteiger partial charge on any atom is 0.518 e. The summed E-state index contributed by atoms with van der Waals surface area (Å²) in [5, 5.41) is 7.86. The van der Waals surface area contributed by atoms with Crippen molar-refractivity contribution in [2.24, 2.45) is 7.05 Å². The minimum atomic E-state index is -0.413. The highest BCUT2D eigenvalue weighted by molar-refractivity contribution is 6.61. The lowest BCUT2D eigenvalue weighted by atomic mass is 9.86. The molecule has 2 rings (SSSR count). The normalized spacial score (nSPS) is 23.4. The molecule has 5 nitrogen and oxygen atoms in total. The molecular formula is C9H16BN3O2. The van der Waals surface area contributed by atoms with Gasteiger partial charge in [-0.05, 0) is 27.7 Å². The summed E-state index contributed by atoms with van der Waals surface area (Å²) in [6, 6.07) is 0. The minimum Gasteiger partial charge on any atom is -0.398 e. The number of nitrogens with zero attached hydrogens (tertiary/aromatic N) is 3. The number of hydrogen-bond acceptors (Lipinski definition) is 4. The van der Waals surface area contributed by atoms with E-state index in [1.165, 1.54) is 0 Å². The molecule has 0 atom stereocenters. The quantitative estimate of drug-likeness (QED) is 0.616. The van der Waals surface area contributed by atoms with Crippen molar-refractivity contribution < 1.29 is 9.31 Å². The van der Waals surface area contributed by atoms with Crippen LogP contribution in [0, 0.1) is 0 Å². The van der Waals surface area contributed by atoms with Crippen LogP contribution in [0.2, 0.25) is 0 Å². The average molecular weight is 209 g/mol. The first kappa shape index (κ1) is 10.6. The fourth-order valence-electron chi connectivity index (χ4n) is 1.44. The number of aryl methyl sites for hydroxylation is 1. The second-order valence-electron chi connectivity index (χ2n) is 4.91. The Morgan fingerprint density at radius 3 is 2.13 bits per heavy atom. The van der Waals surface area contributed by atoms with Crippen LogP contribution in [0.25, 0.3) is 0 Å². The molecule has 1 aromatic heterocycles. The summed E-state index contributed by atoms with van der Waals surface area (Å²) in [5.74, 6) is 0. The molecule has 82 valence electrons. The molecule has 0 aromatic carbocycles. The third kappa shape index (κ3) is 1.68. The summed E-state index contributed by atoms with van der Waals surface area (Å²) in [4.78, 5) is 0. The Bertz CT molecular complexity index is 359. The molecule has 6 heteroatoms. The highest BCUT2D eigenvalue weighted by Gasteiger charge is 2.52. The van der Waals surface area contributed by atoms with Crippen molar-refractivity contribution in [2.45, 2.75) is 38.9 Å². The zero-order chi connectivity index (χ0) is 11.3. The molecule has 1 aliphatic heterocycles. The van der Waals surface area contributed by atoms with Gasteiger partial charge in [0.2, 0.25) is 0 Å². The first-order valence-corrected chi connectivity index (χ1v) is 5.04. The van der Waals surface area contributed by atoms with E-state index in [0.717, 1.165) is 5.59 Å². The summed E-state index contributed by atoms with van der Waals surface area (Å²) >= 11 is 0. The zero-order valence-electron chi connectivity index (χ0n) is 9.81. The zero-order valence-corrected chi connectivity index (χ0v) is 9.81. The van der Waals surface area contributed by atoms with Gasteiger partial charge in [-0.15, -0.1) is 5.10 Å². The van der Waals surface area contributed by atoms with E-state index in [-0.39, 0.29) is 11.2 Å². The topological polar surface area (TPSA) is 49.2 Å². The molecule has 0 unspecified atom stereocenters. The number of hydrogen-bond donors (Lipinski definition) is 0. The Hall–Kier alpha value is -0.875. The number of rotatable bonds is 1. The van der Waals surface area contributed by atoms with Gasteiger partial charge in [-0.25, -0.2) is 0 Å². The SMILES string of the molecule is Cn1cc(B2OC(C)(C)C(C)(C)O2)nn1. The van der Waals surface area contributed by atoms with E-state index in [0.29, 0.717) is 0 Å². The number of aromatic nitrogens is 3. The lowest BCUT2D eigenvalue weighted by Crippen LogP contribution is -2.41. The second kappa shape index (κ2) is 3.06. The lowest BCUT2D eigenvalue weighted by Gasteiger charge is -2.32. The molecule has 0 radical (unpaired) electrons. The van der Waals surface area contributed by atoms with Crippen LogP contribution in [0.4, 0.5) is 0 Å². The van der Waals surface area contributed by atoms with Gasteiger partial charge in [-0.3, -0.25) is 4.68 Å². The second-order valence-corrected chi connectivity index (χ2v) is 4.91. The molecule has 15 heavy (non-hydrogen) atoms. The Morgan fingerprint density at radius 2 is 1.73 bits per heavy atom. The third-order valence-corrected chi connectivity index (χ3v) is 3.12. The van der Waals surface area contributed by atoms with Gasteiger partial charge in [-0.2, -0.15) is 0 Å². The Labute approximate surface area is 89.9 Å². The van der Waals surface area contributed by atoms with Crippen molar-refractivity contribution in [3.8, 4) is 0 Å². The third-order valence-electron chi connectivity index (χ3n) is 3.12. The van der Waals surface area contributed by atoms with Crippen LogP contribution in [-0.2, 0) is 16.4 Å². The fraction of sp³-hybridized carbons (Fsp3) is 0.778. The van der Waals surface area contributed by atoms with Crippen molar-refractivity contribution >= 4 is 12.7 Å². The van der Waals surface area contributed by atoms with E-state index >= 15 is 0 Å². The van der Waals surface area contributed by atoms with Crippen molar-refractivity contribution in [2.75, 3.05) is 0 Å². The molecular weight excluding hydrogens is 193 g/mol. The fourth-order valence-corrected chi connectivity index (χ4v) is 1.44. The van der Waals surface area contributed by atoms with Crippen LogP contribution in [-0.4, -0.2) is 33.3 Å². The predicted molar refractivity (Wildman–Crippen MR) is 56.7 cm³/mol. The average Bonchev–Trinajstić information content (AvgIpc) is 2.56. The van der Waals surface area contributed by atoms with Crippen LogP contribution in [0.5, 0.6) is 0 Å². The molecule has 0 aliphatic carbocycles. The summed E-state index contributed by atoms with van der Waals surface area (Å²) in [6.45, 7) is 8.07. The van der Waals surface area contributed by atoms with Gasteiger partial charge in [0.15, 0.2) is 0 Å². The van der Waals surface area contributed by atoms with E-state index in [2.05, 4.69) is 10.3 Å². The van der Waals surface area contributed by atoms with Crippen molar-refractivity contribution in [1.29, 1.82) is 0 Å². The van der Waals surface area contributed by atoms with Crippen LogP contribution in [0.3, 0.4) is 0 Å². The van der Waals surface area contributed by atoms with E-state index in [1.807, 2.05) is 40.9 Å². The van der Waals surface area contributed by atoms with Crippen LogP contribution in [0.15, 0.2) is 6.20 Å². The molecule has 0 spiro atoms. The Morgan fingerprint density at radius 1 is 1.20 bits per heavy atom. The maximum absolute atomic E-state index is 5.83. The van der Waals surface area contributed by atoms with Gasteiger partial charge in [0.1, 0.15) is 5.59 Å². The van der Waals surface area contributed by atoms with Crippen LogP contribution >= 0.6 is 0 Å². The van der Waals surface area contributed by atoms with Gasteiger partial charge < -0.3 is 9.31 Å². The highest BCUT2D eigenvalue weighted by Crippen LogP contribution is 2.36. The summed E-state index contributed by atoms with van der Waals surface area (Å²) < 4.78 is 13.3. The Kier molecular flexibility index (Phi) is 2.17. The van der Waals surface area contributed by atoms with E-state index in [4.69, 9.17) is 9.31 Å².